The maximum absolute atomic E-state index is 11.7. The zero-order chi connectivity index (χ0) is 13.1. The minimum Gasteiger partial charge on any atom is -0.280 e. The van der Waals surface area contributed by atoms with Gasteiger partial charge in [0.15, 0.2) is 5.82 Å². The number of rotatable bonds is 6. The SMILES string of the molecule is CC(CCl)CS(=O)(=O)Nc1cc(C(C)C)[nH]n1. The number of halogens is 1. The Bertz CT molecular complexity index is 456. The summed E-state index contributed by atoms with van der Waals surface area (Å²) in [5.41, 5.74) is 0.896. The van der Waals surface area contributed by atoms with Crippen LogP contribution >= 0.6 is 11.6 Å². The zero-order valence-corrected chi connectivity index (χ0v) is 11.8. The van der Waals surface area contributed by atoms with Crippen LogP contribution in [0, 0.1) is 5.92 Å². The number of hydrogen-bond donors (Lipinski definition) is 2. The lowest BCUT2D eigenvalue weighted by atomic mass is 10.1. The molecule has 0 fully saturated rings. The van der Waals surface area contributed by atoms with Gasteiger partial charge in [0.1, 0.15) is 0 Å². The largest absolute Gasteiger partial charge is 0.280 e. The van der Waals surface area contributed by atoms with E-state index in [2.05, 4.69) is 14.9 Å². The van der Waals surface area contributed by atoms with Gasteiger partial charge in [-0.3, -0.25) is 9.82 Å². The van der Waals surface area contributed by atoms with E-state index in [1.54, 1.807) is 13.0 Å². The van der Waals surface area contributed by atoms with Gasteiger partial charge in [-0.2, -0.15) is 5.10 Å². The molecule has 17 heavy (non-hydrogen) atoms. The smallest absolute Gasteiger partial charge is 0.234 e. The van der Waals surface area contributed by atoms with E-state index in [1.807, 2.05) is 13.8 Å². The van der Waals surface area contributed by atoms with E-state index in [0.717, 1.165) is 5.69 Å². The number of alkyl halides is 1. The second-order valence-corrected chi connectivity index (χ2v) is 6.58. The van der Waals surface area contributed by atoms with Gasteiger partial charge in [-0.25, -0.2) is 8.42 Å². The first-order valence-electron chi connectivity index (χ1n) is 5.46. The van der Waals surface area contributed by atoms with E-state index in [1.165, 1.54) is 0 Å². The second-order valence-electron chi connectivity index (χ2n) is 4.51. The molecule has 0 aliphatic carbocycles. The molecule has 1 aromatic heterocycles. The molecule has 0 amide bonds. The van der Waals surface area contributed by atoms with Crippen LogP contribution in [0.15, 0.2) is 6.07 Å². The number of nitrogens with zero attached hydrogens (tertiary/aromatic N) is 1. The van der Waals surface area contributed by atoms with Crippen molar-refractivity contribution < 1.29 is 8.42 Å². The molecule has 0 radical (unpaired) electrons. The van der Waals surface area contributed by atoms with Crippen molar-refractivity contribution in [2.75, 3.05) is 16.4 Å². The minimum absolute atomic E-state index is 0.000369. The quantitative estimate of drug-likeness (QED) is 0.784. The summed E-state index contributed by atoms with van der Waals surface area (Å²) in [4.78, 5) is 0. The average molecular weight is 280 g/mol. The van der Waals surface area contributed by atoms with Crippen molar-refractivity contribution in [1.82, 2.24) is 10.2 Å². The summed E-state index contributed by atoms with van der Waals surface area (Å²) >= 11 is 5.59. The molecule has 0 aliphatic heterocycles. The van der Waals surface area contributed by atoms with E-state index >= 15 is 0 Å². The lowest BCUT2D eigenvalue weighted by molar-refractivity contribution is 0.588. The highest BCUT2D eigenvalue weighted by molar-refractivity contribution is 7.92. The fourth-order valence-corrected chi connectivity index (χ4v) is 2.92. The highest BCUT2D eigenvalue weighted by Crippen LogP contribution is 2.16. The summed E-state index contributed by atoms with van der Waals surface area (Å²) in [6.45, 7) is 5.79. The van der Waals surface area contributed by atoms with Gasteiger partial charge in [0.05, 0.1) is 5.75 Å². The van der Waals surface area contributed by atoms with Crippen molar-refractivity contribution in [3.63, 3.8) is 0 Å². The molecule has 7 heteroatoms. The van der Waals surface area contributed by atoms with Gasteiger partial charge in [0.2, 0.25) is 10.0 Å². The molecular weight excluding hydrogens is 262 g/mol. The predicted octanol–water partition coefficient (Wildman–Crippen LogP) is 2.15. The van der Waals surface area contributed by atoms with Gasteiger partial charge in [-0.05, 0) is 11.8 Å². The molecular formula is C10H18ClN3O2S. The van der Waals surface area contributed by atoms with E-state index in [9.17, 15) is 8.42 Å². The summed E-state index contributed by atoms with van der Waals surface area (Å²) in [5.74, 6) is 0.842. The number of hydrogen-bond acceptors (Lipinski definition) is 3. The van der Waals surface area contributed by atoms with Crippen LogP contribution in [-0.2, 0) is 10.0 Å². The second kappa shape index (κ2) is 5.73. The van der Waals surface area contributed by atoms with Crippen LogP contribution in [-0.4, -0.2) is 30.2 Å². The molecule has 0 saturated carbocycles. The highest BCUT2D eigenvalue weighted by Gasteiger charge is 2.16. The van der Waals surface area contributed by atoms with Gasteiger partial charge in [0, 0.05) is 17.6 Å². The van der Waals surface area contributed by atoms with Crippen molar-refractivity contribution in [3.8, 4) is 0 Å². The van der Waals surface area contributed by atoms with Crippen LogP contribution in [0.5, 0.6) is 0 Å². The van der Waals surface area contributed by atoms with Gasteiger partial charge in [-0.15, -0.1) is 11.6 Å². The van der Waals surface area contributed by atoms with Gasteiger partial charge in [-0.1, -0.05) is 20.8 Å². The zero-order valence-electron chi connectivity index (χ0n) is 10.2. The van der Waals surface area contributed by atoms with Crippen LogP contribution < -0.4 is 4.72 Å². The van der Waals surface area contributed by atoms with Crippen LogP contribution in [0.3, 0.4) is 0 Å². The Morgan fingerprint density at radius 3 is 2.59 bits per heavy atom. The maximum Gasteiger partial charge on any atom is 0.234 e. The Hall–Kier alpha value is -0.750. The highest BCUT2D eigenvalue weighted by atomic mass is 35.5. The van der Waals surface area contributed by atoms with Crippen LogP contribution in [0.1, 0.15) is 32.4 Å². The topological polar surface area (TPSA) is 74.8 Å². The van der Waals surface area contributed by atoms with E-state index in [4.69, 9.17) is 11.6 Å². The number of anilines is 1. The van der Waals surface area contributed by atoms with Gasteiger partial charge in [0.25, 0.3) is 0 Å². The number of aromatic amines is 1. The Labute approximate surface area is 107 Å². The van der Waals surface area contributed by atoms with Crippen molar-refractivity contribution in [2.45, 2.75) is 26.7 Å². The lowest BCUT2D eigenvalue weighted by Crippen LogP contribution is -2.22. The molecule has 1 aromatic rings. The molecule has 98 valence electrons. The van der Waals surface area contributed by atoms with Crippen LogP contribution in [0.25, 0.3) is 0 Å². The summed E-state index contributed by atoms with van der Waals surface area (Å²) < 4.78 is 25.9. The summed E-state index contributed by atoms with van der Waals surface area (Å²) in [6.07, 6.45) is 0. The third kappa shape index (κ3) is 4.55. The average Bonchev–Trinajstić information content (AvgIpc) is 2.64. The summed E-state index contributed by atoms with van der Waals surface area (Å²) in [6, 6.07) is 1.70. The fourth-order valence-electron chi connectivity index (χ4n) is 1.30. The standard InChI is InChI=1S/C10H18ClN3O2S/c1-7(2)9-4-10(13-12-9)14-17(15,16)6-8(3)5-11/h4,7-8H,5-6H2,1-3H3,(H2,12,13,14). The third-order valence-corrected chi connectivity index (χ3v) is 4.30. The van der Waals surface area contributed by atoms with Crippen molar-refractivity contribution >= 4 is 27.4 Å². The molecule has 0 bridgehead atoms. The first-order chi connectivity index (χ1) is 7.84. The predicted molar refractivity (Wildman–Crippen MR) is 70.0 cm³/mol. The molecule has 0 spiro atoms. The van der Waals surface area contributed by atoms with Crippen molar-refractivity contribution in [3.05, 3.63) is 11.8 Å². The Morgan fingerprint density at radius 2 is 2.12 bits per heavy atom. The number of nitrogens with one attached hydrogen (secondary N) is 2. The van der Waals surface area contributed by atoms with Crippen molar-refractivity contribution in [1.29, 1.82) is 0 Å². The molecule has 1 atom stereocenters. The molecule has 1 unspecified atom stereocenters. The van der Waals surface area contributed by atoms with Crippen LogP contribution in [0.4, 0.5) is 5.82 Å². The fraction of sp³-hybridized carbons (Fsp3) is 0.700. The molecule has 1 rings (SSSR count). The molecule has 1 heterocycles. The molecule has 0 aliphatic rings. The first kappa shape index (κ1) is 14.3. The van der Waals surface area contributed by atoms with Crippen LogP contribution in [0.2, 0.25) is 0 Å². The van der Waals surface area contributed by atoms with Gasteiger partial charge < -0.3 is 0 Å². The molecule has 5 nitrogen and oxygen atoms in total. The normalized spacial score (nSPS) is 13.9. The van der Waals surface area contributed by atoms with Gasteiger partial charge >= 0.3 is 0 Å². The monoisotopic (exact) mass is 279 g/mol. The summed E-state index contributed by atoms with van der Waals surface area (Å²) in [5, 5.41) is 6.70. The first-order valence-corrected chi connectivity index (χ1v) is 7.64. The van der Waals surface area contributed by atoms with E-state index < -0.39 is 10.0 Å². The van der Waals surface area contributed by atoms with E-state index in [-0.39, 0.29) is 17.6 Å². The number of sulfonamides is 1. The Balaban J connectivity index is 2.69. The number of aromatic nitrogens is 2. The Kier molecular flexibility index (Phi) is 4.82. The third-order valence-electron chi connectivity index (χ3n) is 2.25. The van der Waals surface area contributed by atoms with E-state index in [0.29, 0.717) is 11.7 Å². The minimum atomic E-state index is -3.38. The van der Waals surface area contributed by atoms with Crippen molar-refractivity contribution in [2.24, 2.45) is 5.92 Å². The summed E-state index contributed by atoms with van der Waals surface area (Å²) in [7, 11) is -3.38. The molecule has 2 N–H and O–H groups in total. The number of H-pyrrole nitrogens is 1. The maximum atomic E-state index is 11.7. The lowest BCUT2D eigenvalue weighted by Gasteiger charge is -2.08. The molecule has 0 saturated heterocycles. The Morgan fingerprint density at radius 1 is 1.47 bits per heavy atom. The molecule has 0 aromatic carbocycles.